The molecule has 0 unspecified atom stereocenters. The average Bonchev–Trinajstić information content (AvgIpc) is 3.82. The summed E-state index contributed by atoms with van der Waals surface area (Å²) in [5, 5.41) is 129. The van der Waals surface area contributed by atoms with Gasteiger partial charge in [-0.15, -0.1) is 0 Å². The molecule has 4 saturated carbocycles. The van der Waals surface area contributed by atoms with Crippen LogP contribution in [0.15, 0.2) is 0 Å². The molecule has 10 fully saturated rings. The lowest BCUT2D eigenvalue weighted by Gasteiger charge is -2.61. The maximum Gasteiger partial charge on any atom is 0.187 e. The fourth-order valence-electron chi connectivity index (χ4n) is 15.9. The van der Waals surface area contributed by atoms with Crippen molar-refractivity contribution in [3.63, 3.8) is 0 Å². The number of aliphatic hydroxyl groups is 12. The SMILES string of the molecule is C[C@@H]1CC[C@@]2(OC1)O[C@H]1C[C@@H]3[C@@H]4CC[C@H]5C[C@@H](O[C@@H]6O[C@H](CO)[C@H](O[C@@H]7O[C@H](CO)[C@@H](O)[C@H](O[C@@H]8OC[C@@H](O)[C@H](O)[C@H]8O)[C@H]7O[C@@H]7O[C@H](CO)[C@H](O)[C@H](O)[C@H]7O)[C@H](O)[C@H]6O)CC[C@]5(C)[C@H]4CC[C@]3(C)[C@H]1[C@@H]2C. The molecular formula is C50H82O22. The molecule has 12 N–H and O–H groups in total. The second-order valence-corrected chi connectivity index (χ2v) is 23.9. The van der Waals surface area contributed by atoms with Gasteiger partial charge in [0.25, 0.3) is 0 Å². The number of aliphatic hydroxyl groups excluding tert-OH is 12. The van der Waals surface area contributed by atoms with Crippen LogP contribution < -0.4 is 0 Å². The van der Waals surface area contributed by atoms with Crippen molar-refractivity contribution in [1.29, 1.82) is 0 Å². The molecule has 0 bridgehead atoms. The first-order valence-electron chi connectivity index (χ1n) is 26.7. The standard InChI is InChI=1S/C50H82O22/c1-20-7-12-50(64-18-20)21(2)32-28(72-50)14-26-24-6-5-22-13-23(8-10-48(22,3)25(24)9-11-49(26,32)4)65-45-40(62)37(59)41(31(17-53)68-45)69-47-43(71-46-39(61)36(58)34(56)29(15-51)66-46)42(35(57)30(16-52)67-47)70-44-38(60)33(55)27(54)19-63-44/h20-47,51-62H,5-19H2,1-4H3/t20-,21+,22+,23+,24-,25+,26-,27-,28+,29-,30-,31-,32+,33+,34+,35-,36+,37-,38-,39-,40-,41+,42+,43-,44+,45-,46+,47+,48+,49+,50-/m1/s1. The molecule has 0 aromatic carbocycles. The Labute approximate surface area is 419 Å². The Morgan fingerprint density at radius 1 is 0.514 bits per heavy atom. The zero-order chi connectivity index (χ0) is 51.3. The van der Waals surface area contributed by atoms with Gasteiger partial charge in [0.15, 0.2) is 30.9 Å². The molecule has 22 heteroatoms. The number of hydrogen-bond acceptors (Lipinski definition) is 22. The molecular weight excluding hydrogens is 953 g/mol. The molecule has 6 heterocycles. The summed E-state index contributed by atoms with van der Waals surface area (Å²) in [7, 11) is 0. The normalized spacial score (nSPS) is 57.8. The topological polar surface area (TPSA) is 335 Å². The van der Waals surface area contributed by atoms with Crippen molar-refractivity contribution in [3.8, 4) is 0 Å². The first-order valence-corrected chi connectivity index (χ1v) is 26.7. The Hall–Kier alpha value is -0.880. The van der Waals surface area contributed by atoms with E-state index in [9.17, 15) is 61.3 Å². The molecule has 22 nitrogen and oxygen atoms in total. The van der Waals surface area contributed by atoms with Crippen molar-refractivity contribution in [2.75, 3.05) is 33.0 Å². The fraction of sp³-hybridized carbons (Fsp3) is 1.00. The van der Waals surface area contributed by atoms with Gasteiger partial charge < -0.3 is 109 Å². The van der Waals surface area contributed by atoms with Crippen molar-refractivity contribution in [2.45, 2.75) is 227 Å². The molecule has 4 aliphatic carbocycles. The predicted octanol–water partition coefficient (Wildman–Crippen LogP) is -2.27. The highest BCUT2D eigenvalue weighted by Gasteiger charge is 2.69. The molecule has 0 aromatic heterocycles. The Balaban J connectivity index is 0.812. The minimum Gasteiger partial charge on any atom is -0.394 e. The van der Waals surface area contributed by atoms with E-state index in [-0.39, 0.29) is 23.0 Å². The summed E-state index contributed by atoms with van der Waals surface area (Å²) in [6, 6.07) is 0. The molecule has 10 aliphatic rings. The monoisotopic (exact) mass is 1030 g/mol. The summed E-state index contributed by atoms with van der Waals surface area (Å²) in [6.45, 7) is 7.42. The summed E-state index contributed by atoms with van der Waals surface area (Å²) < 4.78 is 61.4. The number of fused-ring (bicyclic) bond motifs is 7. The lowest BCUT2D eigenvalue weighted by atomic mass is 9.44. The summed E-state index contributed by atoms with van der Waals surface area (Å²) in [4.78, 5) is 0. The van der Waals surface area contributed by atoms with Crippen LogP contribution in [0.1, 0.15) is 91.9 Å². The van der Waals surface area contributed by atoms with Gasteiger partial charge in [-0.3, -0.25) is 0 Å². The highest BCUT2D eigenvalue weighted by molar-refractivity contribution is 5.15. The molecule has 0 radical (unpaired) electrons. The smallest absolute Gasteiger partial charge is 0.187 e. The van der Waals surface area contributed by atoms with Crippen molar-refractivity contribution in [3.05, 3.63) is 0 Å². The van der Waals surface area contributed by atoms with E-state index >= 15 is 0 Å². The number of hydrogen-bond donors (Lipinski definition) is 12. The third-order valence-corrected chi connectivity index (χ3v) is 20.0. The maximum atomic E-state index is 11.8. The van der Waals surface area contributed by atoms with Crippen LogP contribution in [-0.2, 0) is 47.4 Å². The van der Waals surface area contributed by atoms with Crippen LogP contribution in [0.4, 0.5) is 0 Å². The molecule has 31 atom stereocenters. The Morgan fingerprint density at radius 3 is 1.85 bits per heavy atom. The van der Waals surface area contributed by atoms with Gasteiger partial charge in [0, 0.05) is 12.3 Å². The van der Waals surface area contributed by atoms with E-state index < -0.39 is 149 Å². The van der Waals surface area contributed by atoms with Crippen molar-refractivity contribution in [1.82, 2.24) is 0 Å². The van der Waals surface area contributed by atoms with Crippen LogP contribution in [0.25, 0.3) is 0 Å². The molecule has 6 saturated heterocycles. The molecule has 0 amide bonds. The van der Waals surface area contributed by atoms with Gasteiger partial charge in [0.05, 0.1) is 45.2 Å². The zero-order valence-electron chi connectivity index (χ0n) is 41.7. The Morgan fingerprint density at radius 2 is 1.14 bits per heavy atom. The van der Waals surface area contributed by atoms with Crippen molar-refractivity contribution in [2.24, 2.45) is 52.3 Å². The van der Waals surface area contributed by atoms with Gasteiger partial charge in [0.2, 0.25) is 0 Å². The molecule has 414 valence electrons. The quantitative estimate of drug-likeness (QED) is 0.0971. The molecule has 72 heavy (non-hydrogen) atoms. The third-order valence-electron chi connectivity index (χ3n) is 20.0. The Bertz CT molecular complexity index is 1830. The maximum absolute atomic E-state index is 11.8. The highest BCUT2D eigenvalue weighted by atomic mass is 16.8. The minimum atomic E-state index is -2.00. The van der Waals surface area contributed by atoms with Crippen LogP contribution in [0.3, 0.4) is 0 Å². The van der Waals surface area contributed by atoms with Crippen LogP contribution >= 0.6 is 0 Å². The van der Waals surface area contributed by atoms with Gasteiger partial charge in [0.1, 0.15) is 91.6 Å². The highest BCUT2D eigenvalue weighted by Crippen LogP contribution is 2.71. The molecule has 6 aliphatic heterocycles. The first kappa shape index (κ1) is 54.5. The first-order chi connectivity index (χ1) is 34.3. The number of ether oxygens (including phenoxy) is 10. The summed E-state index contributed by atoms with van der Waals surface area (Å²) >= 11 is 0. The van der Waals surface area contributed by atoms with E-state index in [4.69, 9.17) is 47.4 Å². The van der Waals surface area contributed by atoms with Gasteiger partial charge in [-0.25, -0.2) is 0 Å². The molecule has 0 aromatic rings. The predicted molar refractivity (Wildman–Crippen MR) is 242 cm³/mol. The molecule has 10 rings (SSSR count). The van der Waals surface area contributed by atoms with Crippen LogP contribution in [0.5, 0.6) is 0 Å². The minimum absolute atomic E-state index is 0.0916. The summed E-state index contributed by atoms with van der Waals surface area (Å²) in [6.07, 6.45) is -22.9. The van der Waals surface area contributed by atoms with Crippen LogP contribution in [-0.4, -0.2) is 229 Å². The lowest BCUT2D eigenvalue weighted by molar-refractivity contribution is -0.404. The third kappa shape index (κ3) is 9.26. The van der Waals surface area contributed by atoms with Gasteiger partial charge in [-0.2, -0.15) is 0 Å². The van der Waals surface area contributed by atoms with Crippen LogP contribution in [0, 0.1) is 52.3 Å². The average molecular weight is 1040 g/mol. The zero-order valence-corrected chi connectivity index (χ0v) is 41.7. The summed E-state index contributed by atoms with van der Waals surface area (Å²) in [5.74, 6) is 3.06. The second-order valence-electron chi connectivity index (χ2n) is 23.9. The van der Waals surface area contributed by atoms with E-state index in [0.717, 1.165) is 51.6 Å². The molecule has 1 spiro atoms. The second kappa shape index (κ2) is 21.1. The van der Waals surface area contributed by atoms with Gasteiger partial charge >= 0.3 is 0 Å². The van der Waals surface area contributed by atoms with E-state index in [2.05, 4.69) is 27.7 Å². The van der Waals surface area contributed by atoms with Crippen LogP contribution in [0.2, 0.25) is 0 Å². The summed E-state index contributed by atoms with van der Waals surface area (Å²) in [5.41, 5.74) is 0.293. The Kier molecular flexibility index (Phi) is 15.9. The fourth-order valence-corrected chi connectivity index (χ4v) is 15.9. The van der Waals surface area contributed by atoms with E-state index in [0.29, 0.717) is 47.8 Å². The lowest BCUT2D eigenvalue weighted by Crippen LogP contribution is -2.68. The van der Waals surface area contributed by atoms with E-state index in [1.165, 1.54) is 12.8 Å². The number of rotatable bonds is 11. The van der Waals surface area contributed by atoms with Gasteiger partial charge in [-0.05, 0) is 104 Å². The van der Waals surface area contributed by atoms with Crippen molar-refractivity contribution >= 4 is 0 Å². The van der Waals surface area contributed by atoms with Gasteiger partial charge in [-0.1, -0.05) is 27.7 Å². The van der Waals surface area contributed by atoms with E-state index in [1.54, 1.807) is 0 Å². The van der Waals surface area contributed by atoms with Crippen molar-refractivity contribution < 1.29 is 109 Å². The largest absolute Gasteiger partial charge is 0.394 e. The van der Waals surface area contributed by atoms with E-state index in [1.807, 2.05) is 0 Å².